The average Bonchev–Trinajstić information content (AvgIpc) is 2.79. The molecule has 108 valence electrons. The van der Waals surface area contributed by atoms with Gasteiger partial charge in [0, 0.05) is 11.4 Å². The fraction of sp³-hybridized carbons (Fsp3) is 0.235. The molecule has 0 saturated carbocycles. The topological polar surface area (TPSA) is 46.3 Å². The third-order valence-corrected chi connectivity index (χ3v) is 4.76. The fourth-order valence-electron chi connectivity index (χ4n) is 2.75. The first-order valence-corrected chi connectivity index (χ1v) is 7.97. The number of aryl methyl sites for hydroxylation is 2. The molecule has 0 bridgehead atoms. The van der Waals surface area contributed by atoms with Gasteiger partial charge in [-0.1, -0.05) is 18.2 Å². The number of nitrogens with zero attached hydrogens (tertiary/aromatic N) is 1. The van der Waals surface area contributed by atoms with Gasteiger partial charge in [0.25, 0.3) is 0 Å². The average molecular weight is 298 g/mol. The zero-order valence-corrected chi connectivity index (χ0v) is 13.0. The molecule has 21 heavy (non-hydrogen) atoms. The van der Waals surface area contributed by atoms with Crippen molar-refractivity contribution in [2.24, 2.45) is 0 Å². The van der Waals surface area contributed by atoms with E-state index in [1.54, 1.807) is 11.8 Å². The van der Waals surface area contributed by atoms with Gasteiger partial charge >= 0.3 is 0 Å². The van der Waals surface area contributed by atoms with Gasteiger partial charge in [0.1, 0.15) is 5.37 Å². The van der Waals surface area contributed by atoms with Crippen molar-refractivity contribution in [1.82, 2.24) is 0 Å². The quantitative estimate of drug-likeness (QED) is 0.861. The number of anilines is 2. The summed E-state index contributed by atoms with van der Waals surface area (Å²) in [6.45, 7) is 4.11. The Balaban J connectivity index is 2.03. The van der Waals surface area contributed by atoms with Gasteiger partial charge in [-0.05, 0) is 54.8 Å². The predicted molar refractivity (Wildman–Crippen MR) is 89.5 cm³/mol. The summed E-state index contributed by atoms with van der Waals surface area (Å²) in [6, 6.07) is 14.0. The summed E-state index contributed by atoms with van der Waals surface area (Å²) < 4.78 is 0. The summed E-state index contributed by atoms with van der Waals surface area (Å²) in [7, 11) is 0. The molecule has 1 aliphatic rings. The second-order valence-corrected chi connectivity index (χ2v) is 6.51. The summed E-state index contributed by atoms with van der Waals surface area (Å²) in [5, 5.41) is 0.00204. The predicted octanol–water partition coefficient (Wildman–Crippen LogP) is 3.66. The van der Waals surface area contributed by atoms with Crippen molar-refractivity contribution < 1.29 is 4.79 Å². The smallest absolute Gasteiger partial charge is 0.238 e. The van der Waals surface area contributed by atoms with Crippen LogP contribution in [0, 0.1) is 13.8 Å². The van der Waals surface area contributed by atoms with Crippen LogP contribution >= 0.6 is 11.8 Å². The molecule has 2 aromatic rings. The highest BCUT2D eigenvalue weighted by atomic mass is 32.2. The van der Waals surface area contributed by atoms with Crippen LogP contribution in [0.2, 0.25) is 0 Å². The molecule has 0 aliphatic carbocycles. The van der Waals surface area contributed by atoms with E-state index >= 15 is 0 Å². The zero-order chi connectivity index (χ0) is 15.0. The van der Waals surface area contributed by atoms with Crippen LogP contribution < -0.4 is 10.6 Å². The lowest BCUT2D eigenvalue weighted by atomic mass is 10.1. The number of carbonyl (C=O) groups excluding carboxylic acids is 1. The van der Waals surface area contributed by atoms with Crippen molar-refractivity contribution in [3.8, 4) is 0 Å². The molecule has 3 nitrogen and oxygen atoms in total. The molecule has 0 unspecified atom stereocenters. The van der Waals surface area contributed by atoms with Crippen molar-refractivity contribution in [2.45, 2.75) is 19.2 Å². The highest BCUT2D eigenvalue weighted by molar-refractivity contribution is 8.00. The Bertz CT molecular complexity index is 679. The van der Waals surface area contributed by atoms with E-state index in [1.807, 2.05) is 29.2 Å². The lowest BCUT2D eigenvalue weighted by molar-refractivity contribution is -0.115. The maximum absolute atomic E-state index is 12.3. The largest absolute Gasteiger partial charge is 0.399 e. The maximum Gasteiger partial charge on any atom is 0.238 e. The number of thioether (sulfide) groups is 1. The van der Waals surface area contributed by atoms with E-state index in [9.17, 15) is 4.79 Å². The lowest BCUT2D eigenvalue weighted by Gasteiger charge is -2.25. The Hall–Kier alpha value is -1.94. The third kappa shape index (κ3) is 2.76. The molecular formula is C17H18N2OS. The van der Waals surface area contributed by atoms with E-state index in [0.29, 0.717) is 5.75 Å². The number of hydrogen-bond donors (Lipinski definition) is 1. The van der Waals surface area contributed by atoms with Gasteiger partial charge in [0.05, 0.1) is 5.75 Å². The molecule has 1 amide bonds. The number of carbonyl (C=O) groups is 1. The number of nitrogens with two attached hydrogens (primary N) is 1. The van der Waals surface area contributed by atoms with Crippen LogP contribution in [0.1, 0.15) is 22.1 Å². The van der Waals surface area contributed by atoms with E-state index in [1.165, 1.54) is 11.1 Å². The van der Waals surface area contributed by atoms with Crippen molar-refractivity contribution in [1.29, 1.82) is 0 Å². The van der Waals surface area contributed by atoms with Crippen molar-refractivity contribution in [2.75, 3.05) is 16.4 Å². The number of nitrogen functional groups attached to an aromatic ring is 1. The Labute approximate surface area is 129 Å². The lowest BCUT2D eigenvalue weighted by Crippen LogP contribution is -2.28. The van der Waals surface area contributed by atoms with Crippen LogP contribution in [-0.2, 0) is 4.79 Å². The van der Waals surface area contributed by atoms with Crippen LogP contribution in [0.5, 0.6) is 0 Å². The van der Waals surface area contributed by atoms with E-state index < -0.39 is 0 Å². The van der Waals surface area contributed by atoms with E-state index in [0.717, 1.165) is 16.9 Å². The minimum Gasteiger partial charge on any atom is -0.399 e. The zero-order valence-electron chi connectivity index (χ0n) is 12.2. The number of amides is 1. The Kier molecular flexibility index (Phi) is 3.64. The van der Waals surface area contributed by atoms with Gasteiger partial charge in [-0.2, -0.15) is 0 Å². The summed E-state index contributed by atoms with van der Waals surface area (Å²) >= 11 is 1.65. The second-order valence-electron chi connectivity index (χ2n) is 5.44. The molecule has 1 fully saturated rings. The molecule has 0 aromatic heterocycles. The first-order chi connectivity index (χ1) is 10.0. The third-order valence-electron chi connectivity index (χ3n) is 3.55. The highest BCUT2D eigenvalue weighted by Gasteiger charge is 2.34. The van der Waals surface area contributed by atoms with Crippen LogP contribution in [0.3, 0.4) is 0 Å². The van der Waals surface area contributed by atoms with E-state index in [-0.39, 0.29) is 11.3 Å². The van der Waals surface area contributed by atoms with Crippen molar-refractivity contribution in [3.05, 3.63) is 59.2 Å². The SMILES string of the molecule is Cc1cc(C)cc(N2C(=O)CS[C@@H]2c2cccc(N)c2)c1. The Morgan fingerprint density at radius 2 is 1.86 bits per heavy atom. The fourth-order valence-corrected chi connectivity index (χ4v) is 3.92. The molecule has 1 saturated heterocycles. The Morgan fingerprint density at radius 3 is 2.52 bits per heavy atom. The van der Waals surface area contributed by atoms with Gasteiger partial charge in [-0.25, -0.2) is 0 Å². The van der Waals surface area contributed by atoms with Crippen LogP contribution in [0.25, 0.3) is 0 Å². The molecule has 1 atom stereocenters. The van der Waals surface area contributed by atoms with Crippen LogP contribution in [0.4, 0.5) is 11.4 Å². The standard InChI is InChI=1S/C17H18N2OS/c1-11-6-12(2)8-15(7-11)19-16(20)10-21-17(19)13-4-3-5-14(18)9-13/h3-9,17H,10,18H2,1-2H3/t17-/m1/s1. The second kappa shape index (κ2) is 5.45. The summed E-state index contributed by atoms with van der Waals surface area (Å²) in [6.07, 6.45) is 0. The number of rotatable bonds is 2. The number of benzene rings is 2. The summed E-state index contributed by atoms with van der Waals surface area (Å²) in [5.41, 5.74) is 11.0. The molecule has 0 spiro atoms. The molecule has 3 rings (SSSR count). The molecule has 2 N–H and O–H groups in total. The van der Waals surface area contributed by atoms with E-state index in [4.69, 9.17) is 5.73 Å². The van der Waals surface area contributed by atoms with Gasteiger partial charge in [0.2, 0.25) is 5.91 Å². The highest BCUT2D eigenvalue weighted by Crippen LogP contribution is 2.42. The molecular weight excluding hydrogens is 280 g/mol. The van der Waals surface area contributed by atoms with Crippen LogP contribution in [-0.4, -0.2) is 11.7 Å². The number of hydrogen-bond acceptors (Lipinski definition) is 3. The molecule has 1 heterocycles. The maximum atomic E-state index is 12.3. The monoisotopic (exact) mass is 298 g/mol. The minimum absolute atomic E-state index is 0.00204. The normalized spacial score (nSPS) is 18.3. The summed E-state index contributed by atoms with van der Waals surface area (Å²) in [5.74, 6) is 0.657. The summed E-state index contributed by atoms with van der Waals surface area (Å²) in [4.78, 5) is 14.2. The minimum atomic E-state index is 0.00204. The van der Waals surface area contributed by atoms with Gasteiger partial charge in [0.15, 0.2) is 0 Å². The molecule has 1 aliphatic heterocycles. The van der Waals surface area contributed by atoms with Gasteiger partial charge in [-0.15, -0.1) is 11.8 Å². The van der Waals surface area contributed by atoms with Crippen molar-refractivity contribution in [3.63, 3.8) is 0 Å². The molecule has 4 heteroatoms. The first kappa shape index (κ1) is 14.0. The van der Waals surface area contributed by atoms with Crippen molar-refractivity contribution >= 4 is 29.0 Å². The molecule has 0 radical (unpaired) electrons. The van der Waals surface area contributed by atoms with Gasteiger partial charge in [-0.3, -0.25) is 9.69 Å². The van der Waals surface area contributed by atoms with Crippen LogP contribution in [0.15, 0.2) is 42.5 Å². The van der Waals surface area contributed by atoms with Gasteiger partial charge < -0.3 is 5.73 Å². The first-order valence-electron chi connectivity index (χ1n) is 6.92. The Morgan fingerprint density at radius 1 is 1.14 bits per heavy atom. The molecule has 2 aromatic carbocycles. The van der Waals surface area contributed by atoms with E-state index in [2.05, 4.69) is 32.0 Å².